The lowest BCUT2D eigenvalue weighted by Gasteiger charge is -2.01. The molecule has 0 saturated carbocycles. The number of unbranched alkanes of at least 4 members (excludes halogenated alkanes) is 3. The molecule has 0 amide bonds. The second-order valence-electron chi connectivity index (χ2n) is 5.12. The minimum atomic E-state index is -1.03. The molecule has 0 aliphatic rings. The van der Waals surface area contributed by atoms with Crippen LogP contribution >= 0.6 is 0 Å². The maximum atomic E-state index is 9.71. The average Bonchev–Trinajstić information content (AvgIpc) is 2.65. The average molecular weight is 348 g/mol. The summed E-state index contributed by atoms with van der Waals surface area (Å²) in [6.45, 7) is -0.385. The molecule has 0 spiro atoms. The van der Waals surface area contributed by atoms with Crippen LogP contribution in [0.15, 0.2) is 24.3 Å². The van der Waals surface area contributed by atoms with Crippen molar-refractivity contribution in [3.05, 3.63) is 24.3 Å². The van der Waals surface area contributed by atoms with E-state index in [1.807, 2.05) is 6.08 Å². The van der Waals surface area contributed by atoms with Crippen LogP contribution in [0.1, 0.15) is 38.5 Å². The van der Waals surface area contributed by atoms with Gasteiger partial charge in [0.1, 0.15) is 6.10 Å². The van der Waals surface area contributed by atoms with Gasteiger partial charge in [-0.05, 0) is 67.6 Å². The van der Waals surface area contributed by atoms with Crippen LogP contribution in [-0.4, -0.2) is 34.1 Å². The first-order valence-electron chi connectivity index (χ1n) is 8.42. The van der Waals surface area contributed by atoms with E-state index < -0.39 is 12.2 Å². The zero-order valence-electron chi connectivity index (χ0n) is 14.8. The summed E-state index contributed by atoms with van der Waals surface area (Å²) in [4.78, 5) is 0. The Morgan fingerprint density at radius 2 is 1.65 bits per heavy atom. The lowest BCUT2D eigenvalue weighted by molar-refractivity contribution is 0.138. The summed E-state index contributed by atoms with van der Waals surface area (Å²) >= 11 is 0. The SMILES string of the molecule is C#C/C=C\CCC[C@@H](O)/C=C\C#CC#CCCCC#CC#C[C@@H](O)CO. The molecule has 26 heavy (non-hydrogen) atoms. The molecule has 3 heteroatoms. The third-order valence-corrected chi connectivity index (χ3v) is 2.88. The lowest BCUT2D eigenvalue weighted by Crippen LogP contribution is -2.07. The predicted octanol–water partition coefficient (Wildman–Crippen LogP) is 1.80. The van der Waals surface area contributed by atoms with Crippen LogP contribution in [0, 0.1) is 59.7 Å². The standard InChI is InChI=1S/C23H24O3/c1-2-3-4-12-15-18-22(25)19-16-13-10-8-6-5-7-9-11-14-17-20-23(26)21-24/h1,3-4,16,19,22-26H,5,7,9,12,15,18,21H2/b4-3-,19-16-/t22-,23-/m1/s1. The van der Waals surface area contributed by atoms with Crippen molar-refractivity contribution in [3.63, 3.8) is 0 Å². The summed E-state index contributed by atoms with van der Waals surface area (Å²) in [5.41, 5.74) is 0. The van der Waals surface area contributed by atoms with Gasteiger partial charge in [0.2, 0.25) is 0 Å². The van der Waals surface area contributed by atoms with E-state index in [1.54, 1.807) is 18.2 Å². The van der Waals surface area contributed by atoms with Gasteiger partial charge in [0.25, 0.3) is 0 Å². The van der Waals surface area contributed by atoms with E-state index in [0.29, 0.717) is 19.3 Å². The fraction of sp³-hybridized carbons (Fsp3) is 0.391. The van der Waals surface area contributed by atoms with Crippen molar-refractivity contribution in [2.24, 2.45) is 0 Å². The highest BCUT2D eigenvalue weighted by molar-refractivity contribution is 5.31. The lowest BCUT2D eigenvalue weighted by atomic mass is 10.1. The molecule has 0 bridgehead atoms. The Morgan fingerprint density at radius 1 is 0.923 bits per heavy atom. The van der Waals surface area contributed by atoms with Crippen LogP contribution in [-0.2, 0) is 0 Å². The minimum absolute atomic E-state index is 0.385. The van der Waals surface area contributed by atoms with Crippen molar-refractivity contribution >= 4 is 0 Å². The summed E-state index contributed by atoms with van der Waals surface area (Å²) in [6.07, 6.45) is 15.0. The van der Waals surface area contributed by atoms with E-state index in [2.05, 4.69) is 53.3 Å². The first-order chi connectivity index (χ1) is 12.7. The molecule has 3 N–H and O–H groups in total. The summed E-state index contributed by atoms with van der Waals surface area (Å²) < 4.78 is 0. The Morgan fingerprint density at radius 3 is 2.35 bits per heavy atom. The molecule has 2 atom stereocenters. The van der Waals surface area contributed by atoms with Gasteiger partial charge in [-0.15, -0.1) is 6.42 Å². The van der Waals surface area contributed by atoms with E-state index in [4.69, 9.17) is 16.6 Å². The molecule has 0 saturated heterocycles. The highest BCUT2D eigenvalue weighted by Crippen LogP contribution is 2.02. The molecule has 0 aromatic carbocycles. The summed E-state index contributed by atoms with van der Waals surface area (Å²) in [5.74, 6) is 23.9. The number of allylic oxidation sites excluding steroid dienone is 3. The molecule has 0 aliphatic heterocycles. The Labute approximate surface area is 157 Å². The molecule has 0 heterocycles. The molecule has 0 fully saturated rings. The number of hydrogen-bond acceptors (Lipinski definition) is 3. The van der Waals surface area contributed by atoms with Gasteiger partial charge in [0, 0.05) is 12.8 Å². The summed E-state index contributed by atoms with van der Waals surface area (Å²) in [6, 6.07) is 0. The third kappa shape index (κ3) is 17.5. The fourth-order valence-electron chi connectivity index (χ4n) is 1.57. The van der Waals surface area contributed by atoms with Gasteiger partial charge in [0.05, 0.1) is 12.7 Å². The van der Waals surface area contributed by atoms with E-state index in [1.165, 1.54) is 0 Å². The topological polar surface area (TPSA) is 60.7 Å². The molecular weight excluding hydrogens is 324 g/mol. The highest BCUT2D eigenvalue weighted by Gasteiger charge is 1.96. The smallest absolute Gasteiger partial charge is 0.138 e. The highest BCUT2D eigenvalue weighted by atomic mass is 16.3. The molecular formula is C23H24O3. The molecule has 3 nitrogen and oxygen atoms in total. The van der Waals surface area contributed by atoms with Crippen molar-refractivity contribution in [2.75, 3.05) is 6.61 Å². The first kappa shape index (κ1) is 23.2. The number of aliphatic hydroxyl groups excluding tert-OH is 3. The van der Waals surface area contributed by atoms with Crippen LogP contribution in [0.2, 0.25) is 0 Å². The molecule has 0 aromatic rings. The molecule has 0 unspecified atom stereocenters. The van der Waals surface area contributed by atoms with Gasteiger partial charge in [-0.3, -0.25) is 0 Å². The van der Waals surface area contributed by atoms with E-state index in [9.17, 15) is 5.11 Å². The van der Waals surface area contributed by atoms with E-state index in [0.717, 1.165) is 19.3 Å². The summed E-state index contributed by atoms with van der Waals surface area (Å²) in [5, 5.41) is 27.2. The second kappa shape index (κ2) is 18.5. The van der Waals surface area contributed by atoms with Gasteiger partial charge >= 0.3 is 0 Å². The van der Waals surface area contributed by atoms with Gasteiger partial charge in [0.15, 0.2) is 0 Å². The van der Waals surface area contributed by atoms with Crippen LogP contribution in [0.4, 0.5) is 0 Å². The first-order valence-corrected chi connectivity index (χ1v) is 8.42. The molecule has 0 aromatic heterocycles. The monoisotopic (exact) mass is 348 g/mol. The van der Waals surface area contributed by atoms with E-state index >= 15 is 0 Å². The maximum Gasteiger partial charge on any atom is 0.138 e. The van der Waals surface area contributed by atoms with Crippen LogP contribution in [0.5, 0.6) is 0 Å². The maximum absolute atomic E-state index is 9.71. The predicted molar refractivity (Wildman–Crippen MR) is 105 cm³/mol. The number of hydrogen-bond donors (Lipinski definition) is 3. The molecule has 0 aliphatic carbocycles. The fourth-order valence-corrected chi connectivity index (χ4v) is 1.57. The minimum Gasteiger partial charge on any atom is -0.393 e. The Hall–Kier alpha value is -2.84. The van der Waals surface area contributed by atoms with Gasteiger partial charge < -0.3 is 15.3 Å². The van der Waals surface area contributed by atoms with Crippen molar-refractivity contribution < 1.29 is 15.3 Å². The Bertz CT molecular complexity index is 722. The third-order valence-electron chi connectivity index (χ3n) is 2.88. The van der Waals surface area contributed by atoms with Crippen molar-refractivity contribution in [1.29, 1.82) is 0 Å². The number of aliphatic hydroxyl groups is 3. The molecule has 0 rings (SSSR count). The van der Waals surface area contributed by atoms with Crippen LogP contribution in [0.25, 0.3) is 0 Å². The molecule has 134 valence electrons. The second-order valence-corrected chi connectivity index (χ2v) is 5.12. The van der Waals surface area contributed by atoms with Crippen molar-refractivity contribution in [3.8, 4) is 59.7 Å². The quantitative estimate of drug-likeness (QED) is 0.463. The Balaban J connectivity index is 3.85. The number of terminal acetylenes is 1. The molecule has 0 radical (unpaired) electrons. The van der Waals surface area contributed by atoms with Gasteiger partial charge in [-0.2, -0.15) is 0 Å². The van der Waals surface area contributed by atoms with Crippen LogP contribution < -0.4 is 0 Å². The van der Waals surface area contributed by atoms with E-state index in [-0.39, 0.29) is 6.61 Å². The van der Waals surface area contributed by atoms with Gasteiger partial charge in [-0.1, -0.05) is 35.7 Å². The zero-order valence-corrected chi connectivity index (χ0v) is 14.8. The normalized spacial score (nSPS) is 11.6. The zero-order chi connectivity index (χ0) is 19.3. The number of rotatable bonds is 8. The van der Waals surface area contributed by atoms with Gasteiger partial charge in [-0.25, -0.2) is 0 Å². The van der Waals surface area contributed by atoms with Crippen molar-refractivity contribution in [2.45, 2.75) is 50.7 Å². The Kier molecular flexibility index (Phi) is 16.5. The van der Waals surface area contributed by atoms with Crippen molar-refractivity contribution in [1.82, 2.24) is 0 Å². The summed E-state index contributed by atoms with van der Waals surface area (Å²) in [7, 11) is 0. The largest absolute Gasteiger partial charge is 0.393 e. The van der Waals surface area contributed by atoms with Crippen LogP contribution in [0.3, 0.4) is 0 Å².